The Kier molecular flexibility index (Phi) is 4.78. The first-order chi connectivity index (χ1) is 8.80. The molecule has 0 N–H and O–H groups in total. The van der Waals surface area contributed by atoms with Crippen molar-refractivity contribution >= 4 is 6.47 Å². The zero-order valence-electron chi connectivity index (χ0n) is 13.0. The molecule has 2 heteroatoms. The fraction of sp³-hybridized carbons (Fsp3) is 0.588. The highest BCUT2D eigenvalue weighted by molar-refractivity contribution is 5.54. The van der Waals surface area contributed by atoms with Crippen molar-refractivity contribution in [2.24, 2.45) is 0 Å². The highest BCUT2D eigenvalue weighted by Crippen LogP contribution is 2.42. The molecule has 0 aromatic heterocycles. The summed E-state index contributed by atoms with van der Waals surface area (Å²) in [6.45, 7) is 13.8. The second kappa shape index (κ2) is 5.77. The Balaban J connectivity index is 3.56. The molecule has 19 heavy (non-hydrogen) atoms. The first-order valence-corrected chi connectivity index (χ1v) is 7.04. The normalized spacial score (nSPS) is 12.3. The largest absolute Gasteiger partial charge is 0.428 e. The van der Waals surface area contributed by atoms with Gasteiger partial charge in [-0.2, -0.15) is 0 Å². The van der Waals surface area contributed by atoms with Crippen molar-refractivity contribution in [2.75, 3.05) is 0 Å². The first kappa shape index (κ1) is 15.7. The molecule has 1 rings (SSSR count). The van der Waals surface area contributed by atoms with E-state index in [-0.39, 0.29) is 10.8 Å². The molecule has 1 aromatic carbocycles. The molecular weight excluding hydrogens is 236 g/mol. The Morgan fingerprint density at radius 1 is 1.05 bits per heavy atom. The van der Waals surface area contributed by atoms with E-state index in [9.17, 15) is 4.79 Å². The van der Waals surface area contributed by atoms with E-state index >= 15 is 0 Å². The van der Waals surface area contributed by atoms with Crippen LogP contribution in [0.5, 0.6) is 5.75 Å². The van der Waals surface area contributed by atoms with E-state index in [4.69, 9.17) is 4.74 Å². The van der Waals surface area contributed by atoms with Crippen LogP contribution in [0, 0.1) is 0 Å². The predicted molar refractivity (Wildman–Crippen MR) is 79.8 cm³/mol. The summed E-state index contributed by atoms with van der Waals surface area (Å²) in [5, 5.41) is 0. The van der Waals surface area contributed by atoms with Crippen LogP contribution >= 0.6 is 0 Å². The van der Waals surface area contributed by atoms with Crippen LogP contribution in [0.1, 0.15) is 65.5 Å². The summed E-state index contributed by atoms with van der Waals surface area (Å²) in [7, 11) is 0. The van der Waals surface area contributed by atoms with Crippen molar-refractivity contribution in [3.05, 3.63) is 29.3 Å². The molecule has 0 aliphatic rings. The van der Waals surface area contributed by atoms with Gasteiger partial charge in [-0.25, -0.2) is 0 Å². The standard InChI is InChI=1S/C17H26O2/c1-7-16(3,4)13-10-9-11-14(19-12-18)15(13)17(5,6)8-2/h9-12H,7-8H2,1-6H3. The Morgan fingerprint density at radius 2 is 1.63 bits per heavy atom. The minimum Gasteiger partial charge on any atom is -0.428 e. The molecule has 1 aromatic rings. The Hall–Kier alpha value is -1.31. The zero-order valence-corrected chi connectivity index (χ0v) is 13.0. The maximum absolute atomic E-state index is 10.8. The molecule has 0 heterocycles. The minimum absolute atomic E-state index is 0.0125. The summed E-state index contributed by atoms with van der Waals surface area (Å²) in [6, 6.07) is 6.02. The van der Waals surface area contributed by atoms with Crippen molar-refractivity contribution < 1.29 is 9.53 Å². The van der Waals surface area contributed by atoms with Gasteiger partial charge in [-0.3, -0.25) is 4.79 Å². The molecule has 0 bridgehead atoms. The summed E-state index contributed by atoms with van der Waals surface area (Å²) in [5.41, 5.74) is 2.50. The van der Waals surface area contributed by atoms with Crippen LogP contribution in [0.2, 0.25) is 0 Å². The molecule has 0 saturated carbocycles. The van der Waals surface area contributed by atoms with Crippen LogP contribution in [-0.2, 0) is 15.6 Å². The average Bonchev–Trinajstić information content (AvgIpc) is 2.38. The lowest BCUT2D eigenvalue weighted by atomic mass is 9.71. The molecule has 0 atom stereocenters. The molecular formula is C17H26O2. The topological polar surface area (TPSA) is 26.3 Å². The molecule has 2 nitrogen and oxygen atoms in total. The van der Waals surface area contributed by atoms with Gasteiger partial charge in [-0.15, -0.1) is 0 Å². The fourth-order valence-corrected chi connectivity index (χ4v) is 2.31. The molecule has 0 spiro atoms. The van der Waals surface area contributed by atoms with Gasteiger partial charge in [0, 0.05) is 5.56 Å². The summed E-state index contributed by atoms with van der Waals surface area (Å²) in [6.07, 6.45) is 2.05. The minimum atomic E-state index is -0.0125. The van der Waals surface area contributed by atoms with Gasteiger partial charge >= 0.3 is 0 Å². The van der Waals surface area contributed by atoms with E-state index < -0.39 is 0 Å². The van der Waals surface area contributed by atoms with Crippen molar-refractivity contribution in [2.45, 2.75) is 65.2 Å². The van der Waals surface area contributed by atoms with Crippen molar-refractivity contribution in [1.82, 2.24) is 0 Å². The van der Waals surface area contributed by atoms with E-state index in [0.717, 1.165) is 18.4 Å². The van der Waals surface area contributed by atoms with Crippen LogP contribution in [-0.4, -0.2) is 6.47 Å². The maximum Gasteiger partial charge on any atom is 0.298 e. The van der Waals surface area contributed by atoms with Gasteiger partial charge in [0.2, 0.25) is 0 Å². The van der Waals surface area contributed by atoms with Crippen LogP contribution in [0.25, 0.3) is 0 Å². The fourth-order valence-electron chi connectivity index (χ4n) is 2.31. The number of ether oxygens (including phenoxy) is 1. The van der Waals surface area contributed by atoms with E-state index in [1.165, 1.54) is 5.56 Å². The third-order valence-electron chi connectivity index (χ3n) is 4.37. The lowest BCUT2D eigenvalue weighted by molar-refractivity contribution is -0.120. The molecule has 0 aliphatic carbocycles. The number of hydrogen-bond donors (Lipinski definition) is 0. The van der Waals surface area contributed by atoms with Gasteiger partial charge in [0.05, 0.1) is 0 Å². The summed E-state index contributed by atoms with van der Waals surface area (Å²) >= 11 is 0. The molecule has 106 valence electrons. The van der Waals surface area contributed by atoms with E-state index in [0.29, 0.717) is 12.2 Å². The molecule has 0 amide bonds. The van der Waals surface area contributed by atoms with E-state index in [1.807, 2.05) is 12.1 Å². The average molecular weight is 262 g/mol. The summed E-state index contributed by atoms with van der Waals surface area (Å²) in [4.78, 5) is 10.8. The molecule has 0 unspecified atom stereocenters. The third kappa shape index (κ3) is 3.17. The van der Waals surface area contributed by atoms with Crippen LogP contribution in [0.3, 0.4) is 0 Å². The van der Waals surface area contributed by atoms with Gasteiger partial charge in [0.1, 0.15) is 5.75 Å². The highest BCUT2D eigenvalue weighted by atomic mass is 16.5. The van der Waals surface area contributed by atoms with Crippen LogP contribution < -0.4 is 4.74 Å². The van der Waals surface area contributed by atoms with E-state index in [1.54, 1.807) is 0 Å². The second-order valence-electron chi connectivity index (χ2n) is 6.37. The zero-order chi connectivity index (χ0) is 14.7. The SMILES string of the molecule is CCC(C)(C)c1cccc(OC=O)c1C(C)(C)CC. The van der Waals surface area contributed by atoms with E-state index in [2.05, 4.69) is 47.6 Å². The van der Waals surface area contributed by atoms with Crippen molar-refractivity contribution in [1.29, 1.82) is 0 Å². The third-order valence-corrected chi connectivity index (χ3v) is 4.37. The lowest BCUT2D eigenvalue weighted by Crippen LogP contribution is -2.26. The quantitative estimate of drug-likeness (QED) is 0.700. The van der Waals surface area contributed by atoms with Gasteiger partial charge in [0.25, 0.3) is 6.47 Å². The Morgan fingerprint density at radius 3 is 2.11 bits per heavy atom. The molecule has 0 saturated heterocycles. The van der Waals surface area contributed by atoms with Gasteiger partial charge < -0.3 is 4.74 Å². The summed E-state index contributed by atoms with van der Waals surface area (Å²) in [5.74, 6) is 0.695. The maximum atomic E-state index is 10.8. The van der Waals surface area contributed by atoms with Gasteiger partial charge in [-0.1, -0.05) is 53.7 Å². The monoisotopic (exact) mass is 262 g/mol. The van der Waals surface area contributed by atoms with Crippen LogP contribution in [0.15, 0.2) is 18.2 Å². The number of hydrogen-bond acceptors (Lipinski definition) is 2. The van der Waals surface area contributed by atoms with Crippen LogP contribution in [0.4, 0.5) is 0 Å². The Labute approximate surface area is 117 Å². The molecule has 0 aliphatic heterocycles. The number of carbonyl (C=O) groups is 1. The molecule has 0 radical (unpaired) electrons. The number of benzene rings is 1. The van der Waals surface area contributed by atoms with Gasteiger partial charge in [-0.05, 0) is 35.3 Å². The smallest absolute Gasteiger partial charge is 0.298 e. The number of carbonyl (C=O) groups excluding carboxylic acids is 1. The van der Waals surface area contributed by atoms with Crippen molar-refractivity contribution in [3.63, 3.8) is 0 Å². The highest BCUT2D eigenvalue weighted by Gasteiger charge is 2.31. The molecule has 0 fully saturated rings. The second-order valence-corrected chi connectivity index (χ2v) is 6.37. The Bertz CT molecular complexity index is 445. The summed E-state index contributed by atoms with van der Waals surface area (Å²) < 4.78 is 5.22. The lowest BCUT2D eigenvalue weighted by Gasteiger charge is -2.34. The number of rotatable bonds is 6. The van der Waals surface area contributed by atoms with Gasteiger partial charge in [0.15, 0.2) is 0 Å². The first-order valence-electron chi connectivity index (χ1n) is 7.04. The van der Waals surface area contributed by atoms with Crippen molar-refractivity contribution in [3.8, 4) is 5.75 Å². The predicted octanol–water partition coefficient (Wildman–Crippen LogP) is 4.60.